The predicted octanol–water partition coefficient (Wildman–Crippen LogP) is 2.83. The number of furan rings is 1. The van der Waals surface area contributed by atoms with Crippen LogP contribution >= 0.6 is 0 Å². The molecule has 0 bridgehead atoms. The van der Waals surface area contributed by atoms with Gasteiger partial charge in [0.1, 0.15) is 24.1 Å². The maximum absolute atomic E-state index is 12.9. The van der Waals surface area contributed by atoms with Crippen LogP contribution in [-0.4, -0.2) is 28.3 Å². The van der Waals surface area contributed by atoms with Crippen LogP contribution in [0.1, 0.15) is 23.8 Å². The van der Waals surface area contributed by atoms with Gasteiger partial charge < -0.3 is 13.7 Å². The third-order valence-electron chi connectivity index (χ3n) is 4.67. The molecule has 4 rings (SSSR count). The predicted molar refractivity (Wildman–Crippen MR) is 103 cm³/mol. The summed E-state index contributed by atoms with van der Waals surface area (Å²) >= 11 is 0. The second-order valence-corrected chi connectivity index (χ2v) is 6.42. The Morgan fingerprint density at radius 2 is 2.00 bits per heavy atom. The molecular weight excluding hydrogens is 358 g/mol. The Labute approximate surface area is 161 Å². The third-order valence-corrected chi connectivity index (χ3v) is 4.67. The SMILES string of the molecule is COc1ccc(C2=NN(C(=O)Cn3ccccc3=O)C(c3ccco3)C2)cc1. The van der Waals surface area contributed by atoms with Crippen LogP contribution in [0.3, 0.4) is 0 Å². The number of hydrogen-bond acceptors (Lipinski definition) is 5. The van der Waals surface area contributed by atoms with Gasteiger partial charge in [0.05, 0.1) is 19.1 Å². The van der Waals surface area contributed by atoms with Gasteiger partial charge in [0.25, 0.3) is 11.5 Å². The van der Waals surface area contributed by atoms with Crippen molar-refractivity contribution in [3.05, 3.63) is 88.7 Å². The van der Waals surface area contributed by atoms with Crippen molar-refractivity contribution in [2.75, 3.05) is 7.11 Å². The van der Waals surface area contributed by atoms with E-state index in [-0.39, 0.29) is 24.1 Å². The number of nitrogens with zero attached hydrogens (tertiary/aromatic N) is 3. The van der Waals surface area contributed by atoms with E-state index in [0.29, 0.717) is 12.2 Å². The number of benzene rings is 1. The zero-order valence-corrected chi connectivity index (χ0v) is 15.3. The second kappa shape index (κ2) is 7.56. The summed E-state index contributed by atoms with van der Waals surface area (Å²) in [4.78, 5) is 24.9. The van der Waals surface area contributed by atoms with Gasteiger partial charge in [0.15, 0.2) is 0 Å². The Hall–Kier alpha value is -3.61. The quantitative estimate of drug-likeness (QED) is 0.685. The van der Waals surface area contributed by atoms with Crippen molar-refractivity contribution in [3.8, 4) is 5.75 Å². The highest BCUT2D eigenvalue weighted by molar-refractivity contribution is 6.03. The molecule has 0 radical (unpaired) electrons. The Bertz CT molecular complexity index is 1050. The second-order valence-electron chi connectivity index (χ2n) is 6.42. The molecule has 1 aromatic carbocycles. The molecule has 7 heteroatoms. The molecule has 0 spiro atoms. The minimum atomic E-state index is -0.348. The number of hydrogen-bond donors (Lipinski definition) is 0. The maximum Gasteiger partial charge on any atom is 0.263 e. The van der Waals surface area contributed by atoms with Crippen LogP contribution in [0.15, 0.2) is 81.4 Å². The molecule has 0 aliphatic carbocycles. The molecule has 1 aliphatic heterocycles. The summed E-state index contributed by atoms with van der Waals surface area (Å²) in [6.07, 6.45) is 3.69. The number of ether oxygens (including phenoxy) is 1. The minimum Gasteiger partial charge on any atom is -0.497 e. The topological polar surface area (TPSA) is 77.0 Å². The van der Waals surface area contributed by atoms with Crippen molar-refractivity contribution in [1.82, 2.24) is 9.58 Å². The van der Waals surface area contributed by atoms with Crippen LogP contribution in [0.4, 0.5) is 0 Å². The van der Waals surface area contributed by atoms with Gasteiger partial charge in [-0.1, -0.05) is 6.07 Å². The highest BCUT2D eigenvalue weighted by Crippen LogP contribution is 2.33. The Morgan fingerprint density at radius 1 is 1.18 bits per heavy atom. The first-order valence-electron chi connectivity index (χ1n) is 8.88. The molecule has 1 unspecified atom stereocenters. The molecule has 1 amide bonds. The lowest BCUT2D eigenvalue weighted by molar-refractivity contribution is -0.134. The van der Waals surface area contributed by atoms with E-state index in [4.69, 9.17) is 9.15 Å². The summed E-state index contributed by atoms with van der Waals surface area (Å²) < 4.78 is 12.1. The fourth-order valence-corrected chi connectivity index (χ4v) is 3.21. The fourth-order valence-electron chi connectivity index (χ4n) is 3.21. The summed E-state index contributed by atoms with van der Waals surface area (Å²) in [6, 6.07) is 15.6. The first-order valence-corrected chi connectivity index (χ1v) is 8.88. The van der Waals surface area contributed by atoms with Gasteiger partial charge in [-0.3, -0.25) is 9.59 Å². The number of aromatic nitrogens is 1. The molecule has 3 heterocycles. The number of amides is 1. The number of carbonyl (C=O) groups excluding carboxylic acids is 1. The van der Waals surface area contributed by atoms with E-state index in [2.05, 4.69) is 5.10 Å². The molecule has 2 aromatic heterocycles. The van der Waals surface area contributed by atoms with E-state index < -0.39 is 0 Å². The molecule has 0 saturated carbocycles. The van der Waals surface area contributed by atoms with Crippen LogP contribution in [0, 0.1) is 0 Å². The van der Waals surface area contributed by atoms with Crippen molar-refractivity contribution < 1.29 is 13.9 Å². The van der Waals surface area contributed by atoms with Gasteiger partial charge >= 0.3 is 0 Å². The van der Waals surface area contributed by atoms with Crippen molar-refractivity contribution >= 4 is 11.6 Å². The third kappa shape index (κ3) is 3.46. The van der Waals surface area contributed by atoms with Crippen molar-refractivity contribution in [3.63, 3.8) is 0 Å². The summed E-state index contributed by atoms with van der Waals surface area (Å²) in [7, 11) is 1.61. The molecule has 28 heavy (non-hydrogen) atoms. The van der Waals surface area contributed by atoms with Crippen molar-refractivity contribution in [2.45, 2.75) is 19.0 Å². The van der Waals surface area contributed by atoms with Gasteiger partial charge in [-0.15, -0.1) is 0 Å². The van der Waals surface area contributed by atoms with Crippen LogP contribution in [-0.2, 0) is 11.3 Å². The normalized spacial score (nSPS) is 16.1. The highest BCUT2D eigenvalue weighted by atomic mass is 16.5. The summed E-state index contributed by atoms with van der Waals surface area (Å²) in [6.45, 7) is -0.0870. The average Bonchev–Trinajstić information content (AvgIpc) is 3.39. The molecule has 0 saturated heterocycles. The van der Waals surface area contributed by atoms with Crippen LogP contribution in [0.2, 0.25) is 0 Å². The number of hydrazone groups is 1. The summed E-state index contributed by atoms with van der Waals surface area (Å²) in [5.41, 5.74) is 1.45. The minimum absolute atomic E-state index is 0.0870. The first kappa shape index (κ1) is 17.8. The van der Waals surface area contributed by atoms with Crippen LogP contribution in [0.5, 0.6) is 5.75 Å². The molecule has 7 nitrogen and oxygen atoms in total. The molecule has 1 atom stereocenters. The summed E-state index contributed by atoms with van der Waals surface area (Å²) in [5.74, 6) is 1.13. The molecule has 0 N–H and O–H groups in total. The van der Waals surface area contributed by atoms with Gasteiger partial charge in [0, 0.05) is 18.7 Å². The average molecular weight is 377 g/mol. The van der Waals surface area contributed by atoms with E-state index in [1.807, 2.05) is 30.3 Å². The Morgan fingerprint density at radius 3 is 2.68 bits per heavy atom. The van der Waals surface area contributed by atoms with Gasteiger partial charge in [-0.2, -0.15) is 5.10 Å². The first-order chi connectivity index (χ1) is 13.7. The zero-order chi connectivity index (χ0) is 19.5. The molecule has 142 valence electrons. The van der Waals surface area contributed by atoms with Crippen molar-refractivity contribution in [2.24, 2.45) is 5.10 Å². The number of carbonyl (C=O) groups is 1. The van der Waals surface area contributed by atoms with Gasteiger partial charge in [-0.05, 0) is 48.0 Å². The van der Waals surface area contributed by atoms with E-state index in [9.17, 15) is 9.59 Å². The lowest BCUT2D eigenvalue weighted by atomic mass is 10.0. The Kier molecular flexibility index (Phi) is 4.80. The van der Waals surface area contributed by atoms with Crippen LogP contribution in [0.25, 0.3) is 0 Å². The fraction of sp³-hybridized carbons (Fsp3) is 0.190. The van der Waals surface area contributed by atoms with Crippen molar-refractivity contribution in [1.29, 1.82) is 0 Å². The lowest BCUT2D eigenvalue weighted by Gasteiger charge is -2.20. The monoisotopic (exact) mass is 377 g/mol. The Balaban J connectivity index is 1.64. The summed E-state index contributed by atoms with van der Waals surface area (Å²) in [5, 5.41) is 5.98. The number of pyridine rings is 1. The number of methoxy groups -OCH3 is 1. The molecule has 1 aliphatic rings. The maximum atomic E-state index is 12.9. The molecular formula is C21H19N3O4. The molecule has 3 aromatic rings. The lowest BCUT2D eigenvalue weighted by Crippen LogP contribution is -2.33. The standard InChI is InChI=1S/C21H19N3O4/c1-27-16-9-7-15(8-10-16)17-13-18(19-5-4-12-28-19)24(22-17)21(26)14-23-11-3-2-6-20(23)25/h2-12,18H,13-14H2,1H3. The van der Waals surface area contributed by atoms with E-state index in [0.717, 1.165) is 17.0 Å². The van der Waals surface area contributed by atoms with E-state index in [1.54, 1.807) is 37.8 Å². The zero-order valence-electron chi connectivity index (χ0n) is 15.3. The largest absolute Gasteiger partial charge is 0.497 e. The molecule has 0 fully saturated rings. The van der Waals surface area contributed by atoms with E-state index in [1.165, 1.54) is 15.6 Å². The van der Waals surface area contributed by atoms with Gasteiger partial charge in [0.2, 0.25) is 0 Å². The smallest absolute Gasteiger partial charge is 0.263 e. The van der Waals surface area contributed by atoms with E-state index >= 15 is 0 Å². The van der Waals surface area contributed by atoms with Gasteiger partial charge in [-0.25, -0.2) is 5.01 Å². The van der Waals surface area contributed by atoms with Crippen LogP contribution < -0.4 is 10.3 Å². The number of rotatable bonds is 5. The highest BCUT2D eigenvalue weighted by Gasteiger charge is 2.34.